The summed E-state index contributed by atoms with van der Waals surface area (Å²) < 4.78 is 31.7. The fourth-order valence-electron chi connectivity index (χ4n) is 4.90. The number of methoxy groups -OCH3 is 1. The number of hydrogen-bond donors (Lipinski definition) is 1. The monoisotopic (exact) mass is 543 g/mol. The van der Waals surface area contributed by atoms with E-state index in [1.165, 1.54) is 17.0 Å². The van der Waals surface area contributed by atoms with E-state index in [0.29, 0.717) is 17.9 Å². The van der Waals surface area contributed by atoms with Crippen LogP contribution in [-0.4, -0.2) is 57.1 Å². The molecule has 208 valence electrons. The number of para-hydroxylation sites is 1. The van der Waals surface area contributed by atoms with Crippen LogP contribution in [0.15, 0.2) is 48.5 Å². The predicted octanol–water partition coefficient (Wildman–Crippen LogP) is 4.42. The molecular formula is C29H41N3O5S. The lowest BCUT2D eigenvalue weighted by Gasteiger charge is -2.31. The summed E-state index contributed by atoms with van der Waals surface area (Å²) in [6.07, 6.45) is 6.95. The number of amides is 2. The van der Waals surface area contributed by atoms with E-state index in [9.17, 15) is 18.0 Å². The number of ether oxygens (including phenoxy) is 1. The Morgan fingerprint density at radius 2 is 1.71 bits per heavy atom. The van der Waals surface area contributed by atoms with E-state index in [1.54, 1.807) is 31.1 Å². The summed E-state index contributed by atoms with van der Waals surface area (Å²) in [5.41, 5.74) is 2.34. The van der Waals surface area contributed by atoms with Crippen LogP contribution in [0.4, 0.5) is 5.69 Å². The van der Waals surface area contributed by atoms with Crippen molar-refractivity contribution >= 4 is 27.5 Å². The third kappa shape index (κ3) is 8.21. The molecule has 1 fully saturated rings. The van der Waals surface area contributed by atoms with Gasteiger partial charge in [0.15, 0.2) is 0 Å². The van der Waals surface area contributed by atoms with Gasteiger partial charge >= 0.3 is 0 Å². The molecule has 0 heterocycles. The van der Waals surface area contributed by atoms with Crippen LogP contribution < -0.4 is 14.4 Å². The first-order valence-electron chi connectivity index (χ1n) is 13.4. The fraction of sp³-hybridized carbons (Fsp3) is 0.517. The van der Waals surface area contributed by atoms with E-state index in [2.05, 4.69) is 5.32 Å². The van der Waals surface area contributed by atoms with E-state index in [1.807, 2.05) is 43.3 Å². The van der Waals surface area contributed by atoms with Gasteiger partial charge in [0, 0.05) is 25.6 Å². The molecule has 0 aromatic heterocycles. The Kier molecular flexibility index (Phi) is 10.6. The van der Waals surface area contributed by atoms with Crippen molar-refractivity contribution in [3.63, 3.8) is 0 Å². The van der Waals surface area contributed by atoms with Gasteiger partial charge in [0.1, 0.15) is 11.8 Å². The summed E-state index contributed by atoms with van der Waals surface area (Å²) in [4.78, 5) is 28.3. The minimum Gasteiger partial charge on any atom is -0.497 e. The number of rotatable bonds is 12. The van der Waals surface area contributed by atoms with Gasteiger partial charge in [-0.25, -0.2) is 8.42 Å². The molecule has 8 nitrogen and oxygen atoms in total. The van der Waals surface area contributed by atoms with Crippen LogP contribution in [0.2, 0.25) is 0 Å². The van der Waals surface area contributed by atoms with Gasteiger partial charge in [-0.3, -0.25) is 13.9 Å². The number of sulfonamides is 1. The van der Waals surface area contributed by atoms with E-state index in [4.69, 9.17) is 4.74 Å². The summed E-state index contributed by atoms with van der Waals surface area (Å²) in [7, 11) is -1.93. The van der Waals surface area contributed by atoms with Gasteiger partial charge in [-0.2, -0.15) is 0 Å². The maximum atomic E-state index is 13.5. The summed E-state index contributed by atoms with van der Waals surface area (Å²) in [6, 6.07) is 14.2. The molecule has 2 aromatic carbocycles. The number of nitrogens with one attached hydrogen (secondary N) is 1. The smallest absolute Gasteiger partial charge is 0.242 e. The lowest BCUT2D eigenvalue weighted by atomic mass is 9.95. The second kappa shape index (κ2) is 13.6. The number of aryl methyl sites for hydroxylation is 1. The van der Waals surface area contributed by atoms with Crippen molar-refractivity contribution in [3.05, 3.63) is 59.7 Å². The number of hydrogen-bond acceptors (Lipinski definition) is 5. The highest BCUT2D eigenvalue weighted by molar-refractivity contribution is 7.92. The Labute approximate surface area is 227 Å². The van der Waals surface area contributed by atoms with Crippen LogP contribution in [0, 0.1) is 6.92 Å². The first kappa shape index (κ1) is 29.5. The van der Waals surface area contributed by atoms with Crippen LogP contribution >= 0.6 is 0 Å². The quantitative estimate of drug-likeness (QED) is 0.428. The van der Waals surface area contributed by atoms with Crippen LogP contribution in [0.25, 0.3) is 0 Å². The van der Waals surface area contributed by atoms with E-state index in [-0.39, 0.29) is 37.4 Å². The average molecular weight is 544 g/mol. The van der Waals surface area contributed by atoms with Gasteiger partial charge in [-0.15, -0.1) is 0 Å². The molecule has 0 radical (unpaired) electrons. The summed E-state index contributed by atoms with van der Waals surface area (Å²) in [5.74, 6) is 0.369. The van der Waals surface area contributed by atoms with Crippen molar-refractivity contribution in [3.8, 4) is 5.75 Å². The molecule has 38 heavy (non-hydrogen) atoms. The normalized spacial score (nSPS) is 14.9. The van der Waals surface area contributed by atoms with Gasteiger partial charge in [0.2, 0.25) is 21.8 Å². The van der Waals surface area contributed by atoms with Gasteiger partial charge in [-0.05, 0) is 62.4 Å². The topological polar surface area (TPSA) is 96.0 Å². The summed E-state index contributed by atoms with van der Waals surface area (Å²) in [6.45, 7) is 4.07. The molecule has 0 bridgehead atoms. The summed E-state index contributed by atoms with van der Waals surface area (Å²) >= 11 is 0. The maximum Gasteiger partial charge on any atom is 0.242 e. The van der Waals surface area contributed by atoms with E-state index >= 15 is 0 Å². The number of carbonyl (C=O) groups excluding carboxylic acids is 2. The van der Waals surface area contributed by atoms with Crippen molar-refractivity contribution in [2.45, 2.75) is 77.4 Å². The Hall–Kier alpha value is -3.07. The Balaban J connectivity index is 1.72. The SMILES string of the molecule is COc1ccc(CN(C(=O)CCCN(c2ccccc2C)S(C)(=O)=O)[C@H](C)C(=O)NC2CCCCC2)cc1. The number of benzene rings is 2. The lowest BCUT2D eigenvalue weighted by molar-refractivity contribution is -0.141. The predicted molar refractivity (Wildman–Crippen MR) is 151 cm³/mol. The highest BCUT2D eigenvalue weighted by Gasteiger charge is 2.28. The molecular weight excluding hydrogens is 502 g/mol. The number of carbonyl (C=O) groups is 2. The zero-order valence-corrected chi connectivity index (χ0v) is 23.8. The van der Waals surface area contributed by atoms with Gasteiger partial charge < -0.3 is 15.0 Å². The molecule has 0 unspecified atom stereocenters. The highest BCUT2D eigenvalue weighted by Crippen LogP contribution is 2.23. The standard InChI is InChI=1S/C29H41N3O5S/c1-22-11-8-9-14-27(22)32(38(4,35)36)20-10-15-28(33)31(21-24-16-18-26(37-3)19-17-24)23(2)29(34)30-25-12-6-5-7-13-25/h8-9,11,14,16-19,23,25H,5-7,10,12-13,15,20-21H2,1-4H3,(H,30,34)/t23-/m1/s1. The minimum atomic E-state index is -3.53. The molecule has 0 aliphatic heterocycles. The zero-order chi connectivity index (χ0) is 27.7. The van der Waals surface area contributed by atoms with Crippen molar-refractivity contribution in [1.29, 1.82) is 0 Å². The molecule has 0 saturated heterocycles. The molecule has 1 aliphatic carbocycles. The minimum absolute atomic E-state index is 0.120. The van der Waals surface area contributed by atoms with Crippen molar-refractivity contribution < 1.29 is 22.7 Å². The molecule has 0 spiro atoms. The molecule has 2 aromatic rings. The molecule has 9 heteroatoms. The Bertz CT molecular complexity index is 1180. The van der Waals surface area contributed by atoms with Crippen molar-refractivity contribution in [1.82, 2.24) is 10.2 Å². The summed E-state index contributed by atoms with van der Waals surface area (Å²) in [5, 5.41) is 3.14. The van der Waals surface area contributed by atoms with Gasteiger partial charge in [0.25, 0.3) is 0 Å². The first-order chi connectivity index (χ1) is 18.1. The molecule has 1 N–H and O–H groups in total. The average Bonchev–Trinajstić information content (AvgIpc) is 2.90. The van der Waals surface area contributed by atoms with Crippen LogP contribution in [-0.2, 0) is 26.2 Å². The molecule has 1 saturated carbocycles. The third-order valence-corrected chi connectivity index (χ3v) is 8.35. The highest BCUT2D eigenvalue weighted by atomic mass is 32.2. The van der Waals surface area contributed by atoms with Gasteiger partial charge in [-0.1, -0.05) is 49.6 Å². The van der Waals surface area contributed by atoms with Gasteiger partial charge in [0.05, 0.1) is 19.1 Å². The van der Waals surface area contributed by atoms with Crippen LogP contribution in [0.1, 0.15) is 63.0 Å². The van der Waals surface area contributed by atoms with E-state index < -0.39 is 16.1 Å². The zero-order valence-electron chi connectivity index (χ0n) is 23.0. The lowest BCUT2D eigenvalue weighted by Crippen LogP contribution is -2.50. The molecule has 1 aliphatic rings. The van der Waals surface area contributed by atoms with Crippen LogP contribution in [0.5, 0.6) is 5.75 Å². The third-order valence-electron chi connectivity index (χ3n) is 7.17. The van der Waals surface area contributed by atoms with Crippen molar-refractivity contribution in [2.75, 3.05) is 24.2 Å². The van der Waals surface area contributed by atoms with E-state index in [0.717, 1.165) is 36.8 Å². The Morgan fingerprint density at radius 1 is 1.05 bits per heavy atom. The second-order valence-corrected chi connectivity index (χ2v) is 12.0. The maximum absolute atomic E-state index is 13.5. The number of nitrogens with zero attached hydrogens (tertiary/aromatic N) is 2. The molecule has 3 rings (SSSR count). The van der Waals surface area contributed by atoms with Crippen LogP contribution in [0.3, 0.4) is 0 Å². The second-order valence-electron chi connectivity index (χ2n) is 10.1. The number of anilines is 1. The molecule has 1 atom stereocenters. The Morgan fingerprint density at radius 3 is 2.32 bits per heavy atom. The largest absolute Gasteiger partial charge is 0.497 e. The fourth-order valence-corrected chi connectivity index (χ4v) is 5.93. The van der Waals surface area contributed by atoms with Crippen molar-refractivity contribution in [2.24, 2.45) is 0 Å². The molecule has 2 amide bonds. The first-order valence-corrected chi connectivity index (χ1v) is 15.2.